The number of aliphatic carboxylic acids is 1. The SMILES string of the molecule is CSCCC(NC(=O)C(C)Oc1cccc(Cl)c1)C(=O)O. The lowest BCUT2D eigenvalue weighted by molar-refractivity contribution is -0.142. The van der Waals surface area contributed by atoms with Gasteiger partial charge in [0.05, 0.1) is 0 Å². The van der Waals surface area contributed by atoms with Gasteiger partial charge >= 0.3 is 5.97 Å². The molecule has 1 amide bonds. The Kier molecular flexibility index (Phi) is 7.39. The molecular formula is C14H18ClNO4S. The molecule has 0 aromatic heterocycles. The molecular weight excluding hydrogens is 314 g/mol. The number of thioether (sulfide) groups is 1. The molecule has 0 saturated carbocycles. The van der Waals surface area contributed by atoms with Crippen LogP contribution >= 0.6 is 23.4 Å². The molecule has 2 atom stereocenters. The van der Waals surface area contributed by atoms with E-state index in [9.17, 15) is 9.59 Å². The smallest absolute Gasteiger partial charge is 0.326 e. The van der Waals surface area contributed by atoms with Crippen LogP contribution in [-0.2, 0) is 9.59 Å². The second-order valence-corrected chi connectivity index (χ2v) is 5.82. The largest absolute Gasteiger partial charge is 0.481 e. The summed E-state index contributed by atoms with van der Waals surface area (Å²) in [6.45, 7) is 1.56. The van der Waals surface area contributed by atoms with E-state index >= 15 is 0 Å². The standard InChI is InChI=1S/C14H18ClNO4S/c1-9(20-11-5-3-4-10(15)8-11)13(17)16-12(14(18)19)6-7-21-2/h3-5,8-9,12H,6-7H2,1-2H3,(H,16,17)(H,18,19). The molecule has 116 valence electrons. The first kappa shape index (κ1) is 17.7. The Hall–Kier alpha value is -1.40. The molecule has 1 rings (SSSR count). The Morgan fingerprint density at radius 3 is 2.76 bits per heavy atom. The van der Waals surface area contributed by atoms with Crippen LogP contribution in [0.15, 0.2) is 24.3 Å². The minimum atomic E-state index is -1.05. The van der Waals surface area contributed by atoms with E-state index in [2.05, 4.69) is 5.32 Å². The first-order chi connectivity index (χ1) is 9.93. The molecule has 0 spiro atoms. The van der Waals surface area contributed by atoms with Gasteiger partial charge in [0.25, 0.3) is 5.91 Å². The van der Waals surface area contributed by atoms with Gasteiger partial charge < -0.3 is 15.2 Å². The fourth-order valence-corrected chi connectivity index (χ4v) is 2.23. The van der Waals surface area contributed by atoms with E-state index in [4.69, 9.17) is 21.4 Å². The van der Waals surface area contributed by atoms with Gasteiger partial charge in [0.1, 0.15) is 11.8 Å². The summed E-state index contributed by atoms with van der Waals surface area (Å²) in [5.74, 6) is -0.405. The fourth-order valence-electron chi connectivity index (χ4n) is 1.58. The Morgan fingerprint density at radius 2 is 2.19 bits per heavy atom. The van der Waals surface area contributed by atoms with Crippen molar-refractivity contribution >= 4 is 35.2 Å². The number of ether oxygens (including phenoxy) is 1. The van der Waals surface area contributed by atoms with Crippen molar-refractivity contribution in [2.45, 2.75) is 25.5 Å². The average molecular weight is 332 g/mol. The summed E-state index contributed by atoms with van der Waals surface area (Å²) in [6.07, 6.45) is 1.44. The van der Waals surface area contributed by atoms with Gasteiger partial charge in [-0.05, 0) is 43.6 Å². The van der Waals surface area contributed by atoms with Crippen LogP contribution in [-0.4, -0.2) is 41.1 Å². The summed E-state index contributed by atoms with van der Waals surface area (Å²) in [5.41, 5.74) is 0. The average Bonchev–Trinajstić information content (AvgIpc) is 2.42. The number of amides is 1. The van der Waals surface area contributed by atoms with Gasteiger partial charge in [-0.2, -0.15) is 11.8 Å². The number of benzene rings is 1. The number of nitrogens with one attached hydrogen (secondary N) is 1. The molecule has 0 saturated heterocycles. The van der Waals surface area contributed by atoms with Crippen LogP contribution in [0.5, 0.6) is 5.75 Å². The third-order valence-corrected chi connectivity index (χ3v) is 3.58. The third kappa shape index (κ3) is 6.27. The third-order valence-electron chi connectivity index (χ3n) is 2.70. The van der Waals surface area contributed by atoms with E-state index in [1.807, 2.05) is 6.26 Å². The first-order valence-electron chi connectivity index (χ1n) is 6.38. The quantitative estimate of drug-likeness (QED) is 0.765. The second kappa shape index (κ2) is 8.79. The Bertz CT molecular complexity index is 498. The summed E-state index contributed by atoms with van der Waals surface area (Å²) >= 11 is 7.36. The number of rotatable bonds is 8. The van der Waals surface area contributed by atoms with Crippen molar-refractivity contribution in [1.29, 1.82) is 0 Å². The number of carbonyl (C=O) groups excluding carboxylic acids is 1. The van der Waals surface area contributed by atoms with Crippen molar-refractivity contribution in [2.24, 2.45) is 0 Å². The predicted octanol–water partition coefficient (Wildman–Crippen LogP) is 2.43. The lowest BCUT2D eigenvalue weighted by atomic mass is 10.2. The molecule has 0 aliphatic carbocycles. The lowest BCUT2D eigenvalue weighted by Crippen LogP contribution is -2.46. The molecule has 0 aliphatic rings. The number of hydrogen-bond donors (Lipinski definition) is 2. The van der Waals surface area contributed by atoms with E-state index in [1.54, 1.807) is 31.2 Å². The summed E-state index contributed by atoms with van der Waals surface area (Å²) < 4.78 is 5.45. The molecule has 0 heterocycles. The molecule has 0 fully saturated rings. The van der Waals surface area contributed by atoms with Gasteiger partial charge in [0, 0.05) is 5.02 Å². The highest BCUT2D eigenvalue weighted by molar-refractivity contribution is 7.98. The Balaban J connectivity index is 2.58. The zero-order valence-electron chi connectivity index (χ0n) is 11.8. The Labute approximate surface area is 133 Å². The number of hydrogen-bond acceptors (Lipinski definition) is 4. The molecule has 5 nitrogen and oxygen atoms in total. The fraction of sp³-hybridized carbons (Fsp3) is 0.429. The maximum Gasteiger partial charge on any atom is 0.326 e. The molecule has 7 heteroatoms. The maximum atomic E-state index is 12.0. The highest BCUT2D eigenvalue weighted by Crippen LogP contribution is 2.18. The normalized spacial score (nSPS) is 13.3. The molecule has 2 N–H and O–H groups in total. The van der Waals surface area contributed by atoms with E-state index < -0.39 is 24.0 Å². The topological polar surface area (TPSA) is 75.6 Å². The van der Waals surface area contributed by atoms with Crippen molar-refractivity contribution in [3.63, 3.8) is 0 Å². The molecule has 0 aliphatic heterocycles. The zero-order valence-corrected chi connectivity index (χ0v) is 13.4. The predicted molar refractivity (Wildman–Crippen MR) is 84.1 cm³/mol. The minimum absolute atomic E-state index is 0.367. The van der Waals surface area contributed by atoms with Crippen LogP contribution in [0.2, 0.25) is 5.02 Å². The Morgan fingerprint density at radius 1 is 1.48 bits per heavy atom. The van der Waals surface area contributed by atoms with Gasteiger partial charge in [-0.3, -0.25) is 4.79 Å². The van der Waals surface area contributed by atoms with Crippen molar-refractivity contribution in [2.75, 3.05) is 12.0 Å². The first-order valence-corrected chi connectivity index (χ1v) is 8.15. The summed E-state index contributed by atoms with van der Waals surface area (Å²) in [7, 11) is 0. The van der Waals surface area contributed by atoms with Crippen LogP contribution in [0.4, 0.5) is 0 Å². The lowest BCUT2D eigenvalue weighted by Gasteiger charge is -2.18. The van der Waals surface area contributed by atoms with Crippen LogP contribution in [0.3, 0.4) is 0 Å². The van der Waals surface area contributed by atoms with E-state index in [0.717, 1.165) is 0 Å². The van der Waals surface area contributed by atoms with Gasteiger partial charge in [-0.25, -0.2) is 4.79 Å². The van der Waals surface area contributed by atoms with Crippen LogP contribution in [0, 0.1) is 0 Å². The number of carbonyl (C=O) groups is 2. The van der Waals surface area contributed by atoms with Gasteiger partial charge in [-0.15, -0.1) is 0 Å². The van der Waals surface area contributed by atoms with Crippen LogP contribution in [0.25, 0.3) is 0 Å². The number of carboxylic acid groups (broad SMARTS) is 1. The maximum absolute atomic E-state index is 12.0. The molecule has 2 unspecified atom stereocenters. The van der Waals surface area contributed by atoms with Crippen molar-refractivity contribution in [1.82, 2.24) is 5.32 Å². The number of halogens is 1. The van der Waals surface area contributed by atoms with E-state index in [1.165, 1.54) is 11.8 Å². The van der Waals surface area contributed by atoms with Crippen molar-refractivity contribution in [3.05, 3.63) is 29.3 Å². The van der Waals surface area contributed by atoms with Crippen molar-refractivity contribution < 1.29 is 19.4 Å². The molecule has 1 aromatic rings. The van der Waals surface area contributed by atoms with Crippen LogP contribution in [0.1, 0.15) is 13.3 Å². The van der Waals surface area contributed by atoms with E-state index in [0.29, 0.717) is 22.9 Å². The van der Waals surface area contributed by atoms with Gasteiger partial charge in [0.2, 0.25) is 0 Å². The highest BCUT2D eigenvalue weighted by atomic mass is 35.5. The molecule has 0 bridgehead atoms. The number of carboxylic acids is 1. The van der Waals surface area contributed by atoms with Gasteiger partial charge in [0.15, 0.2) is 6.10 Å². The molecule has 1 aromatic carbocycles. The van der Waals surface area contributed by atoms with Crippen molar-refractivity contribution in [3.8, 4) is 5.75 Å². The minimum Gasteiger partial charge on any atom is -0.481 e. The van der Waals surface area contributed by atoms with Crippen LogP contribution < -0.4 is 10.1 Å². The summed E-state index contributed by atoms with van der Waals surface area (Å²) in [4.78, 5) is 23.1. The monoisotopic (exact) mass is 331 g/mol. The second-order valence-electron chi connectivity index (χ2n) is 4.40. The van der Waals surface area contributed by atoms with Gasteiger partial charge in [-0.1, -0.05) is 17.7 Å². The summed E-state index contributed by atoms with van der Waals surface area (Å²) in [6, 6.07) is 5.77. The molecule has 0 radical (unpaired) electrons. The zero-order chi connectivity index (χ0) is 15.8. The highest BCUT2D eigenvalue weighted by Gasteiger charge is 2.23. The summed E-state index contributed by atoms with van der Waals surface area (Å²) in [5, 5.41) is 12.1. The van der Waals surface area contributed by atoms with E-state index in [-0.39, 0.29) is 0 Å². The molecule has 21 heavy (non-hydrogen) atoms.